The Morgan fingerprint density at radius 3 is 1.96 bits per heavy atom. The molecule has 0 radical (unpaired) electrons. The van der Waals surface area contributed by atoms with Gasteiger partial charge in [-0.25, -0.2) is 14.4 Å². The number of ether oxygens (including phenoxy) is 1. The molecule has 6 heteroatoms. The summed E-state index contributed by atoms with van der Waals surface area (Å²) in [6.45, 7) is 11.9. The van der Waals surface area contributed by atoms with Crippen molar-refractivity contribution in [3.8, 4) is 0 Å². The molecule has 0 heterocycles. The Morgan fingerprint density at radius 2 is 1.48 bits per heavy atom. The van der Waals surface area contributed by atoms with Crippen molar-refractivity contribution in [3.05, 3.63) is 72.4 Å². The molecule has 0 saturated heterocycles. The molecule has 0 atom stereocenters. The maximum absolute atomic E-state index is 11.7. The molecular weight excluding hydrogens is 348 g/mol. The first-order valence-corrected chi connectivity index (χ1v) is 8.33. The number of aliphatic carboxylic acids is 2. The zero-order chi connectivity index (χ0) is 20.8. The normalized spacial score (nSPS) is 9.37. The molecular formula is C21H26O6. The minimum atomic E-state index is -1.02. The number of rotatable bonds is 10. The topological polar surface area (TPSA) is 101 Å². The summed E-state index contributed by atoms with van der Waals surface area (Å²) in [4.78, 5) is 31.8. The molecule has 0 amide bonds. The van der Waals surface area contributed by atoms with Crippen molar-refractivity contribution >= 4 is 17.9 Å². The van der Waals surface area contributed by atoms with E-state index in [-0.39, 0.29) is 17.8 Å². The predicted molar refractivity (Wildman–Crippen MR) is 103 cm³/mol. The molecule has 0 aromatic heterocycles. The Bertz CT molecular complexity index is 676. The molecule has 0 fully saturated rings. The van der Waals surface area contributed by atoms with Gasteiger partial charge in [0.1, 0.15) is 0 Å². The highest BCUT2D eigenvalue weighted by molar-refractivity contribution is 5.87. The van der Waals surface area contributed by atoms with E-state index >= 15 is 0 Å². The van der Waals surface area contributed by atoms with Crippen molar-refractivity contribution in [1.82, 2.24) is 0 Å². The van der Waals surface area contributed by atoms with E-state index in [0.29, 0.717) is 24.8 Å². The third-order valence-corrected chi connectivity index (χ3v) is 3.37. The molecule has 0 spiro atoms. The molecule has 6 nitrogen and oxygen atoms in total. The molecule has 0 aliphatic heterocycles. The molecule has 0 aliphatic carbocycles. The predicted octanol–water partition coefficient (Wildman–Crippen LogP) is 3.79. The van der Waals surface area contributed by atoms with Gasteiger partial charge in [0.15, 0.2) is 0 Å². The van der Waals surface area contributed by atoms with E-state index in [1.54, 1.807) is 0 Å². The molecule has 0 bridgehead atoms. The maximum atomic E-state index is 11.7. The van der Waals surface area contributed by atoms with Crippen molar-refractivity contribution in [2.45, 2.75) is 32.6 Å². The van der Waals surface area contributed by atoms with Crippen LogP contribution in [0.3, 0.4) is 0 Å². The van der Waals surface area contributed by atoms with Crippen molar-refractivity contribution in [2.24, 2.45) is 0 Å². The van der Waals surface area contributed by atoms with Gasteiger partial charge >= 0.3 is 17.9 Å². The number of esters is 1. The summed E-state index contributed by atoms with van der Waals surface area (Å²) in [5, 5.41) is 16.5. The number of aryl methyl sites for hydroxylation is 1. The van der Waals surface area contributed by atoms with Crippen LogP contribution in [0.25, 0.3) is 0 Å². The van der Waals surface area contributed by atoms with Crippen LogP contribution >= 0.6 is 0 Å². The summed E-state index contributed by atoms with van der Waals surface area (Å²) < 4.78 is 5.05. The quantitative estimate of drug-likeness (QED) is 0.367. The number of carbonyl (C=O) groups is 3. The smallest absolute Gasteiger partial charge is 0.333 e. The van der Waals surface area contributed by atoms with Crippen molar-refractivity contribution in [1.29, 1.82) is 0 Å². The van der Waals surface area contributed by atoms with Crippen molar-refractivity contribution in [2.75, 3.05) is 6.61 Å². The fourth-order valence-electron chi connectivity index (χ4n) is 1.70. The van der Waals surface area contributed by atoms with E-state index in [0.717, 1.165) is 12.0 Å². The standard InChI is InChI=1S/C17H20O4.C4H6O2/c1-13(16(18)19)7-6-12-21-17(20)14(2)10-11-15-8-4-3-5-9-15;1-3(2)4(5)6/h3-5,8-9H,1-2,6-7,10-12H2,(H,18,19);1H2,2H3,(H,5,6). The highest BCUT2D eigenvalue weighted by Gasteiger charge is 2.09. The third-order valence-electron chi connectivity index (χ3n) is 3.37. The average Bonchev–Trinajstić information content (AvgIpc) is 2.63. The second-order valence-corrected chi connectivity index (χ2v) is 5.82. The number of carbonyl (C=O) groups excluding carboxylic acids is 1. The molecule has 0 aliphatic rings. The minimum absolute atomic E-state index is 0.119. The second-order valence-electron chi connectivity index (χ2n) is 5.82. The molecule has 27 heavy (non-hydrogen) atoms. The summed E-state index contributed by atoms with van der Waals surface area (Å²) >= 11 is 0. The first kappa shape index (κ1) is 23.9. The maximum Gasteiger partial charge on any atom is 0.333 e. The largest absolute Gasteiger partial charge is 0.478 e. The Kier molecular flexibility index (Phi) is 11.6. The summed E-state index contributed by atoms with van der Waals surface area (Å²) in [7, 11) is 0. The van der Waals surface area contributed by atoms with Crippen LogP contribution in [0.5, 0.6) is 0 Å². The first-order valence-electron chi connectivity index (χ1n) is 8.33. The highest BCUT2D eigenvalue weighted by Crippen LogP contribution is 2.10. The zero-order valence-corrected chi connectivity index (χ0v) is 15.6. The van der Waals surface area contributed by atoms with Gasteiger partial charge in [-0.2, -0.15) is 0 Å². The van der Waals surface area contributed by atoms with Gasteiger partial charge in [-0.3, -0.25) is 0 Å². The lowest BCUT2D eigenvalue weighted by molar-refractivity contribution is -0.139. The van der Waals surface area contributed by atoms with Crippen LogP contribution in [0.4, 0.5) is 0 Å². The molecule has 146 valence electrons. The minimum Gasteiger partial charge on any atom is -0.478 e. The van der Waals surface area contributed by atoms with Gasteiger partial charge in [-0.1, -0.05) is 50.1 Å². The van der Waals surface area contributed by atoms with Gasteiger partial charge in [-0.15, -0.1) is 0 Å². The van der Waals surface area contributed by atoms with Crippen molar-refractivity contribution in [3.63, 3.8) is 0 Å². The van der Waals surface area contributed by atoms with Crippen LogP contribution in [0.15, 0.2) is 66.8 Å². The van der Waals surface area contributed by atoms with Crippen LogP contribution in [0.2, 0.25) is 0 Å². The van der Waals surface area contributed by atoms with Crippen molar-refractivity contribution < 1.29 is 29.3 Å². The van der Waals surface area contributed by atoms with E-state index in [4.69, 9.17) is 14.9 Å². The molecule has 1 aromatic carbocycles. The van der Waals surface area contributed by atoms with Gasteiger partial charge < -0.3 is 14.9 Å². The van der Waals surface area contributed by atoms with E-state index in [1.165, 1.54) is 6.92 Å². The number of hydrogen-bond donors (Lipinski definition) is 2. The summed E-state index contributed by atoms with van der Waals surface area (Å²) in [5.41, 5.74) is 1.86. The molecule has 1 rings (SSSR count). The van der Waals surface area contributed by atoms with Gasteiger partial charge in [0.05, 0.1) is 6.61 Å². The lowest BCUT2D eigenvalue weighted by atomic mass is 10.1. The van der Waals surface area contributed by atoms with Gasteiger partial charge in [0, 0.05) is 16.7 Å². The lowest BCUT2D eigenvalue weighted by Crippen LogP contribution is -2.10. The van der Waals surface area contributed by atoms with E-state index in [9.17, 15) is 14.4 Å². The van der Waals surface area contributed by atoms with E-state index in [2.05, 4.69) is 19.7 Å². The molecule has 0 saturated carbocycles. The van der Waals surface area contributed by atoms with Gasteiger partial charge in [-0.05, 0) is 38.2 Å². The Labute approximate surface area is 159 Å². The van der Waals surface area contributed by atoms with Crippen LogP contribution in [0, 0.1) is 0 Å². The molecule has 2 N–H and O–H groups in total. The SMILES string of the molecule is C=C(C)C(=O)O.C=C(CCCOC(=O)C(=C)CCc1ccccc1)C(=O)O. The first-order chi connectivity index (χ1) is 12.6. The third kappa shape index (κ3) is 11.9. The second kappa shape index (κ2) is 13.1. The summed E-state index contributed by atoms with van der Waals surface area (Å²) in [5.74, 6) is -2.38. The van der Waals surface area contributed by atoms with Gasteiger partial charge in [0.25, 0.3) is 0 Å². The fourth-order valence-corrected chi connectivity index (χ4v) is 1.70. The van der Waals surface area contributed by atoms with Gasteiger partial charge in [0.2, 0.25) is 0 Å². The van der Waals surface area contributed by atoms with Crippen LogP contribution in [0.1, 0.15) is 31.7 Å². The number of benzene rings is 1. The molecule has 1 aromatic rings. The number of carboxylic acids is 2. The Balaban J connectivity index is 0.000000972. The number of hydrogen-bond acceptors (Lipinski definition) is 4. The summed E-state index contributed by atoms with van der Waals surface area (Å²) in [6.07, 6.45) is 2.04. The zero-order valence-electron chi connectivity index (χ0n) is 15.6. The van der Waals surface area contributed by atoms with E-state index in [1.807, 2.05) is 30.3 Å². The van der Waals surface area contributed by atoms with Crippen LogP contribution in [-0.4, -0.2) is 34.7 Å². The Hall–Kier alpha value is -3.15. The number of carboxylic acid groups (broad SMARTS) is 2. The lowest BCUT2D eigenvalue weighted by Gasteiger charge is -2.07. The Morgan fingerprint density at radius 1 is 0.926 bits per heavy atom. The summed E-state index contributed by atoms with van der Waals surface area (Å²) in [6, 6.07) is 9.83. The molecule has 0 unspecified atom stereocenters. The average molecular weight is 374 g/mol. The van der Waals surface area contributed by atoms with E-state index < -0.39 is 17.9 Å². The fraction of sp³-hybridized carbons (Fsp3) is 0.286. The highest BCUT2D eigenvalue weighted by atomic mass is 16.5. The monoisotopic (exact) mass is 374 g/mol. The van der Waals surface area contributed by atoms with Crippen LogP contribution < -0.4 is 0 Å². The van der Waals surface area contributed by atoms with Crippen LogP contribution in [-0.2, 0) is 25.5 Å².